The first-order chi connectivity index (χ1) is 17.4. The molecule has 4 aromatic rings. The van der Waals surface area contributed by atoms with Crippen molar-refractivity contribution in [3.05, 3.63) is 101 Å². The third-order valence-electron chi connectivity index (χ3n) is 6.19. The summed E-state index contributed by atoms with van der Waals surface area (Å²) < 4.78 is 7.82. The van der Waals surface area contributed by atoms with Gasteiger partial charge in [-0.3, -0.25) is 9.69 Å². The fourth-order valence-electron chi connectivity index (χ4n) is 4.48. The second kappa shape index (κ2) is 9.76. The molecule has 0 saturated heterocycles. The second-order valence-electron chi connectivity index (χ2n) is 8.72. The molecule has 2 aromatic carbocycles. The number of para-hydroxylation sites is 3. The Morgan fingerprint density at radius 1 is 0.972 bits per heavy atom. The lowest BCUT2D eigenvalue weighted by molar-refractivity contribution is -0.120. The normalized spacial score (nSPS) is 14.4. The van der Waals surface area contributed by atoms with E-state index >= 15 is 0 Å². The van der Waals surface area contributed by atoms with Crippen LogP contribution in [0.3, 0.4) is 0 Å². The molecule has 1 unspecified atom stereocenters. The first kappa shape index (κ1) is 24.0. The van der Waals surface area contributed by atoms with Crippen molar-refractivity contribution in [1.29, 1.82) is 0 Å². The number of urea groups is 1. The lowest BCUT2D eigenvalue weighted by atomic mass is 10.0. The number of halogens is 2. The maximum atomic E-state index is 14.0. The average Bonchev–Trinajstić information content (AvgIpc) is 3.56. The van der Waals surface area contributed by atoms with Gasteiger partial charge in [-0.25, -0.2) is 4.79 Å². The van der Waals surface area contributed by atoms with Gasteiger partial charge in [0.15, 0.2) is 0 Å². The predicted molar refractivity (Wildman–Crippen MR) is 141 cm³/mol. The van der Waals surface area contributed by atoms with E-state index in [0.29, 0.717) is 21.5 Å². The Bertz CT molecular complexity index is 1390. The van der Waals surface area contributed by atoms with Gasteiger partial charge in [-0.05, 0) is 62.4 Å². The SMILES string of the molecule is CC(C)N(CC(=O)N1c2ccccc2-n2cccc2C1c1ccco1)C(=O)Nc1c(Cl)cccc1Cl. The summed E-state index contributed by atoms with van der Waals surface area (Å²) in [6.45, 7) is 3.53. The molecule has 0 fully saturated rings. The third-order valence-corrected chi connectivity index (χ3v) is 6.82. The molecule has 0 saturated carbocycles. The standard InChI is InChI=1S/C27H24Cl2N4O3/c1-17(2)32(27(35)30-25-18(28)8-5-9-19(25)29)16-24(34)33-21-11-4-3-10-20(21)31-14-6-12-22(31)26(33)23-13-7-15-36-23/h3-15,17,26H,16H2,1-2H3,(H,30,35). The Morgan fingerprint density at radius 3 is 2.36 bits per heavy atom. The average molecular weight is 523 g/mol. The minimum absolute atomic E-state index is 0.169. The van der Waals surface area contributed by atoms with Crippen LogP contribution in [0.1, 0.15) is 31.3 Å². The largest absolute Gasteiger partial charge is 0.467 e. The molecular weight excluding hydrogens is 499 g/mol. The molecule has 1 aliphatic heterocycles. The number of nitrogens with zero attached hydrogens (tertiary/aromatic N) is 3. The highest BCUT2D eigenvalue weighted by atomic mass is 35.5. The molecule has 3 amide bonds. The van der Waals surface area contributed by atoms with Crippen LogP contribution in [-0.2, 0) is 4.79 Å². The Labute approximate surface area is 218 Å². The van der Waals surface area contributed by atoms with Gasteiger partial charge in [0, 0.05) is 12.2 Å². The lowest BCUT2D eigenvalue weighted by Gasteiger charge is -2.38. The maximum Gasteiger partial charge on any atom is 0.322 e. The van der Waals surface area contributed by atoms with Crippen LogP contribution in [0.4, 0.5) is 16.2 Å². The van der Waals surface area contributed by atoms with E-state index in [4.69, 9.17) is 27.6 Å². The molecule has 1 aliphatic rings. The summed E-state index contributed by atoms with van der Waals surface area (Å²) in [4.78, 5) is 30.5. The van der Waals surface area contributed by atoms with E-state index in [1.165, 1.54) is 4.90 Å². The fourth-order valence-corrected chi connectivity index (χ4v) is 4.98. The van der Waals surface area contributed by atoms with Gasteiger partial charge in [0.2, 0.25) is 5.91 Å². The first-order valence-corrected chi connectivity index (χ1v) is 12.3. The van der Waals surface area contributed by atoms with Crippen molar-refractivity contribution in [3.63, 3.8) is 0 Å². The molecule has 1 N–H and O–H groups in total. The smallest absolute Gasteiger partial charge is 0.322 e. The molecule has 0 spiro atoms. The quantitative estimate of drug-likeness (QED) is 0.314. The Kier molecular flexibility index (Phi) is 6.51. The van der Waals surface area contributed by atoms with Gasteiger partial charge in [-0.2, -0.15) is 0 Å². The van der Waals surface area contributed by atoms with Crippen molar-refractivity contribution in [2.24, 2.45) is 0 Å². The Hall–Kier alpha value is -3.68. The van der Waals surface area contributed by atoms with Crippen LogP contribution in [0.25, 0.3) is 5.69 Å². The van der Waals surface area contributed by atoms with Gasteiger partial charge >= 0.3 is 6.03 Å². The highest BCUT2D eigenvalue weighted by Gasteiger charge is 2.38. The number of carbonyl (C=O) groups excluding carboxylic acids is 2. The van der Waals surface area contributed by atoms with Crippen LogP contribution in [0.2, 0.25) is 10.0 Å². The van der Waals surface area contributed by atoms with Crippen LogP contribution >= 0.6 is 23.2 Å². The van der Waals surface area contributed by atoms with Crippen LogP contribution in [-0.4, -0.2) is 34.0 Å². The van der Waals surface area contributed by atoms with Crippen molar-refractivity contribution in [2.75, 3.05) is 16.8 Å². The first-order valence-electron chi connectivity index (χ1n) is 11.5. The minimum Gasteiger partial charge on any atom is -0.467 e. The number of hydrogen-bond acceptors (Lipinski definition) is 3. The summed E-state index contributed by atoms with van der Waals surface area (Å²) >= 11 is 12.5. The summed E-state index contributed by atoms with van der Waals surface area (Å²) in [5.41, 5.74) is 2.79. The highest BCUT2D eigenvalue weighted by Crippen LogP contribution is 2.42. The molecule has 3 heterocycles. The van der Waals surface area contributed by atoms with Crippen molar-refractivity contribution < 1.29 is 14.0 Å². The zero-order valence-electron chi connectivity index (χ0n) is 19.7. The molecule has 9 heteroatoms. The van der Waals surface area contributed by atoms with Crippen molar-refractivity contribution in [2.45, 2.75) is 25.9 Å². The molecule has 184 valence electrons. The van der Waals surface area contributed by atoms with Gasteiger partial charge in [-0.1, -0.05) is 41.4 Å². The van der Waals surface area contributed by atoms with E-state index < -0.39 is 12.1 Å². The summed E-state index contributed by atoms with van der Waals surface area (Å²) in [5, 5.41) is 3.40. The van der Waals surface area contributed by atoms with Gasteiger partial charge in [-0.15, -0.1) is 0 Å². The monoisotopic (exact) mass is 522 g/mol. The van der Waals surface area contributed by atoms with E-state index in [9.17, 15) is 9.59 Å². The maximum absolute atomic E-state index is 14.0. The van der Waals surface area contributed by atoms with E-state index in [-0.39, 0.29) is 18.5 Å². The van der Waals surface area contributed by atoms with Gasteiger partial charge < -0.3 is 19.2 Å². The van der Waals surface area contributed by atoms with Crippen LogP contribution < -0.4 is 10.2 Å². The molecule has 0 aliphatic carbocycles. The van der Waals surface area contributed by atoms with Crippen LogP contribution in [0.5, 0.6) is 0 Å². The summed E-state index contributed by atoms with van der Waals surface area (Å²) in [6, 6.07) is 19.0. The molecule has 1 atom stereocenters. The predicted octanol–water partition coefficient (Wildman–Crippen LogP) is 6.76. The minimum atomic E-state index is -0.493. The molecule has 2 aromatic heterocycles. The molecule has 0 bridgehead atoms. The van der Waals surface area contributed by atoms with Crippen LogP contribution in [0.15, 0.2) is 83.6 Å². The molecule has 5 rings (SSSR count). The van der Waals surface area contributed by atoms with Gasteiger partial charge in [0.1, 0.15) is 18.3 Å². The van der Waals surface area contributed by atoms with Crippen LogP contribution in [0, 0.1) is 0 Å². The summed E-state index contributed by atoms with van der Waals surface area (Å²) in [6.07, 6.45) is 3.56. The van der Waals surface area contributed by atoms with Gasteiger partial charge in [0.05, 0.1) is 39.1 Å². The number of nitrogens with one attached hydrogen (secondary N) is 1. The number of anilines is 2. The van der Waals surface area contributed by atoms with Gasteiger partial charge in [0.25, 0.3) is 0 Å². The number of fused-ring (bicyclic) bond motifs is 3. The van der Waals surface area contributed by atoms with E-state index in [1.807, 2.05) is 62.5 Å². The lowest BCUT2D eigenvalue weighted by Crippen LogP contribution is -2.49. The molecule has 36 heavy (non-hydrogen) atoms. The van der Waals surface area contributed by atoms with E-state index in [1.54, 1.807) is 35.4 Å². The zero-order valence-corrected chi connectivity index (χ0v) is 21.2. The second-order valence-corrected chi connectivity index (χ2v) is 9.54. The number of hydrogen-bond donors (Lipinski definition) is 1. The number of carbonyl (C=O) groups is 2. The number of benzene rings is 2. The fraction of sp³-hybridized carbons (Fsp3) is 0.185. The number of aromatic nitrogens is 1. The van der Waals surface area contributed by atoms with E-state index in [2.05, 4.69) is 9.88 Å². The highest BCUT2D eigenvalue weighted by molar-refractivity contribution is 6.39. The number of furan rings is 1. The zero-order chi connectivity index (χ0) is 25.4. The summed E-state index contributed by atoms with van der Waals surface area (Å²) in [7, 11) is 0. The molecular formula is C27H24Cl2N4O3. The van der Waals surface area contributed by atoms with Crippen molar-refractivity contribution in [3.8, 4) is 5.69 Å². The number of amides is 3. The van der Waals surface area contributed by atoms with Crippen molar-refractivity contribution >= 4 is 46.5 Å². The topological polar surface area (TPSA) is 70.7 Å². The summed E-state index contributed by atoms with van der Waals surface area (Å²) in [5.74, 6) is 0.367. The molecule has 7 nitrogen and oxygen atoms in total. The van der Waals surface area contributed by atoms with Crippen molar-refractivity contribution in [1.82, 2.24) is 9.47 Å². The number of rotatable bonds is 5. The molecule has 0 radical (unpaired) electrons. The Balaban J connectivity index is 1.50. The third kappa shape index (κ3) is 4.25. The Morgan fingerprint density at radius 2 is 1.69 bits per heavy atom. The van der Waals surface area contributed by atoms with E-state index in [0.717, 1.165) is 17.1 Å².